The van der Waals surface area contributed by atoms with Gasteiger partial charge in [0.2, 0.25) is 0 Å². The van der Waals surface area contributed by atoms with Crippen LogP contribution in [0.25, 0.3) is 0 Å². The summed E-state index contributed by atoms with van der Waals surface area (Å²) >= 11 is 0. The number of imidazole rings is 1. The molecule has 0 aliphatic carbocycles. The Morgan fingerprint density at radius 2 is 2.05 bits per heavy atom. The molecule has 19 heavy (non-hydrogen) atoms. The van der Waals surface area contributed by atoms with E-state index < -0.39 is 11.7 Å². The Labute approximate surface area is 108 Å². The molecule has 0 unspecified atom stereocenters. The van der Waals surface area contributed by atoms with E-state index in [0.29, 0.717) is 19.4 Å². The lowest BCUT2D eigenvalue weighted by Crippen LogP contribution is -2.13. The number of alkyl halides is 3. The van der Waals surface area contributed by atoms with Gasteiger partial charge in [-0.05, 0) is 18.6 Å². The van der Waals surface area contributed by atoms with E-state index in [4.69, 9.17) is 0 Å². The maximum absolute atomic E-state index is 12.7. The molecule has 4 nitrogen and oxygen atoms in total. The van der Waals surface area contributed by atoms with E-state index in [0.717, 1.165) is 11.9 Å². The fraction of sp³-hybridized carbons (Fsp3) is 0.333. The summed E-state index contributed by atoms with van der Waals surface area (Å²) in [6, 6.07) is 2.29. The molecule has 0 radical (unpaired) electrons. The number of halogens is 3. The number of pyridine rings is 1. The third-order valence-electron chi connectivity index (χ3n) is 2.55. The van der Waals surface area contributed by atoms with Gasteiger partial charge in [-0.1, -0.05) is 0 Å². The molecule has 7 heteroatoms. The van der Waals surface area contributed by atoms with E-state index in [1.165, 1.54) is 12.3 Å². The molecule has 2 N–H and O–H groups in total. The highest BCUT2D eigenvalue weighted by molar-refractivity contribution is 5.45. The Balaban J connectivity index is 1.89. The van der Waals surface area contributed by atoms with Crippen LogP contribution in [0.3, 0.4) is 0 Å². The van der Waals surface area contributed by atoms with Crippen molar-refractivity contribution in [3.63, 3.8) is 0 Å². The van der Waals surface area contributed by atoms with Crippen LogP contribution in [0.4, 0.5) is 19.0 Å². The van der Waals surface area contributed by atoms with Crippen LogP contribution >= 0.6 is 0 Å². The summed E-state index contributed by atoms with van der Waals surface area (Å²) < 4.78 is 38.1. The monoisotopic (exact) mass is 270 g/mol. The summed E-state index contributed by atoms with van der Waals surface area (Å²) in [5, 5.41) is 2.71. The minimum atomic E-state index is -4.39. The Morgan fingerprint density at radius 1 is 1.21 bits per heavy atom. The molecule has 0 saturated heterocycles. The minimum absolute atomic E-state index is 0.130. The van der Waals surface area contributed by atoms with Crippen molar-refractivity contribution < 1.29 is 13.2 Å². The minimum Gasteiger partial charge on any atom is -0.370 e. The van der Waals surface area contributed by atoms with E-state index in [1.54, 1.807) is 12.4 Å². The summed E-state index contributed by atoms with van der Waals surface area (Å²) in [4.78, 5) is 10.7. The molecule has 0 bridgehead atoms. The summed E-state index contributed by atoms with van der Waals surface area (Å²) in [5.41, 5.74) is -0.743. The van der Waals surface area contributed by atoms with E-state index >= 15 is 0 Å². The van der Waals surface area contributed by atoms with Crippen LogP contribution in [0, 0.1) is 0 Å². The van der Waals surface area contributed by atoms with Crippen LogP contribution in [0.2, 0.25) is 0 Å². The number of rotatable bonds is 5. The van der Waals surface area contributed by atoms with Gasteiger partial charge in [-0.15, -0.1) is 0 Å². The van der Waals surface area contributed by atoms with Crippen molar-refractivity contribution >= 4 is 5.82 Å². The Bertz CT molecular complexity index is 508. The third-order valence-corrected chi connectivity index (χ3v) is 2.55. The second-order valence-corrected chi connectivity index (χ2v) is 3.96. The highest BCUT2D eigenvalue weighted by Gasteiger charge is 2.33. The van der Waals surface area contributed by atoms with Crippen molar-refractivity contribution in [2.45, 2.75) is 19.0 Å². The molecule has 0 aromatic carbocycles. The van der Waals surface area contributed by atoms with Gasteiger partial charge in [-0.3, -0.25) is 0 Å². The largest absolute Gasteiger partial charge is 0.419 e. The quantitative estimate of drug-likeness (QED) is 0.821. The van der Waals surface area contributed by atoms with Crippen LogP contribution in [-0.2, 0) is 12.6 Å². The van der Waals surface area contributed by atoms with Crippen molar-refractivity contribution in [1.82, 2.24) is 15.0 Å². The molecule has 2 aromatic rings. The summed E-state index contributed by atoms with van der Waals surface area (Å²) in [5.74, 6) is 0.688. The molecule has 2 aromatic heterocycles. The lowest BCUT2D eigenvalue weighted by atomic mass is 10.2. The fourth-order valence-electron chi connectivity index (χ4n) is 1.67. The Morgan fingerprint density at radius 3 is 2.74 bits per heavy atom. The molecule has 0 fully saturated rings. The van der Waals surface area contributed by atoms with Gasteiger partial charge in [0.1, 0.15) is 11.6 Å². The van der Waals surface area contributed by atoms with Crippen LogP contribution in [0.1, 0.15) is 17.8 Å². The van der Waals surface area contributed by atoms with Gasteiger partial charge in [0, 0.05) is 31.6 Å². The zero-order valence-corrected chi connectivity index (χ0v) is 10.0. The highest BCUT2D eigenvalue weighted by atomic mass is 19.4. The first-order valence-corrected chi connectivity index (χ1v) is 5.82. The van der Waals surface area contributed by atoms with Crippen molar-refractivity contribution in [2.75, 3.05) is 11.9 Å². The van der Waals surface area contributed by atoms with Crippen LogP contribution in [0.15, 0.2) is 30.7 Å². The van der Waals surface area contributed by atoms with E-state index in [2.05, 4.69) is 20.3 Å². The number of nitrogens with zero attached hydrogens (tertiary/aromatic N) is 2. The fourth-order valence-corrected chi connectivity index (χ4v) is 1.67. The maximum atomic E-state index is 12.7. The second kappa shape index (κ2) is 5.73. The number of hydrogen-bond donors (Lipinski definition) is 2. The average Bonchev–Trinajstić information content (AvgIpc) is 2.87. The second-order valence-electron chi connectivity index (χ2n) is 3.96. The summed E-state index contributed by atoms with van der Waals surface area (Å²) in [7, 11) is 0. The van der Waals surface area contributed by atoms with Crippen LogP contribution < -0.4 is 5.32 Å². The number of aromatic amines is 1. The number of anilines is 1. The molecule has 2 rings (SSSR count). The van der Waals surface area contributed by atoms with Gasteiger partial charge < -0.3 is 10.3 Å². The lowest BCUT2D eigenvalue weighted by Gasteiger charge is -2.12. The van der Waals surface area contributed by atoms with Gasteiger partial charge in [-0.25, -0.2) is 9.97 Å². The Hall–Kier alpha value is -2.05. The van der Waals surface area contributed by atoms with Gasteiger partial charge in [0.25, 0.3) is 0 Å². The lowest BCUT2D eigenvalue weighted by molar-refractivity contribution is -0.137. The molecule has 0 amide bonds. The predicted molar refractivity (Wildman–Crippen MR) is 64.6 cm³/mol. The normalized spacial score (nSPS) is 11.5. The van der Waals surface area contributed by atoms with Crippen molar-refractivity contribution in [2.24, 2.45) is 0 Å². The van der Waals surface area contributed by atoms with Crippen LogP contribution in [0.5, 0.6) is 0 Å². The number of aromatic nitrogens is 3. The maximum Gasteiger partial charge on any atom is 0.419 e. The highest BCUT2D eigenvalue weighted by Crippen LogP contribution is 2.33. The van der Waals surface area contributed by atoms with E-state index in [-0.39, 0.29) is 5.82 Å². The van der Waals surface area contributed by atoms with E-state index in [9.17, 15) is 13.2 Å². The molecule has 0 atom stereocenters. The third kappa shape index (κ3) is 3.70. The molecule has 0 saturated carbocycles. The Kier molecular flexibility index (Phi) is 4.03. The van der Waals surface area contributed by atoms with Crippen LogP contribution in [-0.4, -0.2) is 21.5 Å². The standard InChI is InChI=1S/C12H13F3N4/c13-12(14,15)9-3-1-5-18-11(9)19-6-2-4-10-16-7-8-17-10/h1,3,5,7-8H,2,4,6H2,(H,16,17)(H,18,19). The summed E-state index contributed by atoms with van der Waals surface area (Å²) in [6.45, 7) is 0.404. The van der Waals surface area contributed by atoms with Gasteiger partial charge in [0.15, 0.2) is 0 Å². The predicted octanol–water partition coefficient (Wildman–Crippen LogP) is 2.87. The zero-order valence-electron chi connectivity index (χ0n) is 10.0. The van der Waals surface area contributed by atoms with Crippen molar-refractivity contribution in [3.05, 3.63) is 42.1 Å². The molecule has 0 aliphatic rings. The van der Waals surface area contributed by atoms with Crippen molar-refractivity contribution in [3.8, 4) is 0 Å². The first kappa shape index (κ1) is 13.4. The smallest absolute Gasteiger partial charge is 0.370 e. The zero-order chi connectivity index (χ0) is 13.7. The SMILES string of the molecule is FC(F)(F)c1cccnc1NCCCc1ncc[nH]1. The molecule has 0 aliphatic heterocycles. The molecular weight excluding hydrogens is 257 g/mol. The number of hydrogen-bond acceptors (Lipinski definition) is 3. The average molecular weight is 270 g/mol. The number of nitrogens with one attached hydrogen (secondary N) is 2. The molecule has 2 heterocycles. The molecule has 102 valence electrons. The van der Waals surface area contributed by atoms with Gasteiger partial charge >= 0.3 is 6.18 Å². The first-order valence-electron chi connectivity index (χ1n) is 5.82. The van der Waals surface area contributed by atoms with Gasteiger partial charge in [-0.2, -0.15) is 13.2 Å². The number of H-pyrrole nitrogens is 1. The summed E-state index contributed by atoms with van der Waals surface area (Å²) in [6.07, 6.45) is 1.64. The molecular formula is C12H13F3N4. The first-order chi connectivity index (χ1) is 9.07. The topological polar surface area (TPSA) is 53.6 Å². The van der Waals surface area contributed by atoms with E-state index in [1.807, 2.05) is 0 Å². The molecule has 0 spiro atoms. The van der Waals surface area contributed by atoms with Gasteiger partial charge in [0.05, 0.1) is 5.56 Å². The van der Waals surface area contributed by atoms with Crippen molar-refractivity contribution in [1.29, 1.82) is 0 Å². The number of aryl methyl sites for hydroxylation is 1.